The van der Waals surface area contributed by atoms with E-state index >= 15 is 0 Å². The highest BCUT2D eigenvalue weighted by Crippen LogP contribution is 2.24. The van der Waals surface area contributed by atoms with Crippen molar-refractivity contribution in [3.63, 3.8) is 0 Å². The zero-order valence-corrected chi connectivity index (χ0v) is 51.1. The standard InChI is InChI=1S/C68H127NO10/c1-3-5-7-9-11-13-15-17-19-21-23-25-27-28-29-30-31-32-33-34-36-37-39-41-43-45-47-49-51-53-55-60(71)63(73)59(58-78-68-66(76)65(75)64(74)62(57-70)79-68)69-67(77)61(72)56-54-52-50-48-46-44-42-40-38-35-26-24-22-20-18-16-14-12-10-8-6-4-2/h24,26,38-41,47,49,59-66,68,70-76H,3-23,25,27-37,42-46,48,50-58H2,1-2H3,(H,69,77)/b26-24-,40-38-,41-39+,49-47+. The van der Waals surface area contributed by atoms with E-state index in [9.17, 15) is 40.5 Å². The second-order valence-corrected chi connectivity index (χ2v) is 23.5. The maximum absolute atomic E-state index is 13.2. The topological polar surface area (TPSA) is 189 Å². The summed E-state index contributed by atoms with van der Waals surface area (Å²) >= 11 is 0. The van der Waals surface area contributed by atoms with E-state index in [1.807, 2.05) is 0 Å². The van der Waals surface area contributed by atoms with Crippen LogP contribution in [0.4, 0.5) is 0 Å². The number of unbranched alkanes of at least 4 members (excludes halogenated alkanes) is 38. The molecule has 1 rings (SSSR count). The molecule has 9 atom stereocenters. The van der Waals surface area contributed by atoms with Crippen molar-refractivity contribution in [3.05, 3.63) is 48.6 Å². The lowest BCUT2D eigenvalue weighted by Crippen LogP contribution is -2.60. The molecule has 0 aromatic carbocycles. The van der Waals surface area contributed by atoms with E-state index in [-0.39, 0.29) is 12.8 Å². The van der Waals surface area contributed by atoms with Crippen LogP contribution in [0.1, 0.15) is 309 Å². The lowest BCUT2D eigenvalue weighted by Gasteiger charge is -2.40. The van der Waals surface area contributed by atoms with Crippen LogP contribution < -0.4 is 5.32 Å². The Labute approximate surface area is 485 Å². The Bertz CT molecular complexity index is 1420. The van der Waals surface area contributed by atoms with E-state index in [1.165, 1.54) is 199 Å². The van der Waals surface area contributed by atoms with Gasteiger partial charge in [-0.1, -0.05) is 274 Å². The number of hydrogen-bond donors (Lipinski definition) is 8. The number of nitrogens with one attached hydrogen (secondary N) is 1. The monoisotopic (exact) mass is 1120 g/mol. The summed E-state index contributed by atoms with van der Waals surface area (Å²) in [5, 5.41) is 76.3. The molecule has 79 heavy (non-hydrogen) atoms. The molecule has 0 aromatic rings. The number of amides is 1. The molecule has 1 aliphatic heterocycles. The van der Waals surface area contributed by atoms with Crippen molar-refractivity contribution in [2.24, 2.45) is 0 Å². The summed E-state index contributed by atoms with van der Waals surface area (Å²) in [6.45, 7) is 3.47. The summed E-state index contributed by atoms with van der Waals surface area (Å²) in [6, 6.07) is -1.20. The first-order valence-electron chi connectivity index (χ1n) is 33.5. The van der Waals surface area contributed by atoms with Gasteiger partial charge in [0, 0.05) is 0 Å². The highest BCUT2D eigenvalue weighted by molar-refractivity contribution is 5.80. The molecule has 464 valence electrons. The van der Waals surface area contributed by atoms with E-state index in [0.29, 0.717) is 19.3 Å². The minimum atomic E-state index is -1.68. The van der Waals surface area contributed by atoms with Crippen molar-refractivity contribution < 1.29 is 50.0 Å². The number of allylic oxidation sites excluding steroid dienone is 8. The fourth-order valence-corrected chi connectivity index (χ4v) is 10.7. The van der Waals surface area contributed by atoms with Crippen molar-refractivity contribution in [1.82, 2.24) is 5.32 Å². The quantitative estimate of drug-likeness (QED) is 0.0215. The van der Waals surface area contributed by atoms with Crippen LogP contribution in [0, 0.1) is 0 Å². The van der Waals surface area contributed by atoms with Crippen LogP contribution in [0.15, 0.2) is 48.6 Å². The molecule has 8 N–H and O–H groups in total. The number of aliphatic hydroxyl groups excluding tert-OH is 7. The zero-order chi connectivity index (χ0) is 57.5. The molecule has 1 saturated heterocycles. The lowest BCUT2D eigenvalue weighted by atomic mass is 9.98. The van der Waals surface area contributed by atoms with Crippen LogP contribution in [0.5, 0.6) is 0 Å². The fourth-order valence-electron chi connectivity index (χ4n) is 10.7. The second-order valence-electron chi connectivity index (χ2n) is 23.5. The van der Waals surface area contributed by atoms with Gasteiger partial charge in [0.2, 0.25) is 5.91 Å². The molecule has 0 aliphatic carbocycles. The van der Waals surface area contributed by atoms with Gasteiger partial charge < -0.3 is 50.5 Å². The fraction of sp³-hybridized carbons (Fsp3) is 0.868. The molecule has 0 radical (unpaired) electrons. The smallest absolute Gasteiger partial charge is 0.249 e. The van der Waals surface area contributed by atoms with Crippen LogP contribution in [-0.2, 0) is 14.3 Å². The van der Waals surface area contributed by atoms with Crippen LogP contribution in [0.2, 0.25) is 0 Å². The molecule has 1 amide bonds. The Morgan fingerprint density at radius 1 is 0.443 bits per heavy atom. The van der Waals surface area contributed by atoms with Crippen LogP contribution in [-0.4, -0.2) is 110 Å². The molecule has 11 heteroatoms. The van der Waals surface area contributed by atoms with E-state index < -0.39 is 74.2 Å². The third-order valence-corrected chi connectivity index (χ3v) is 16.1. The first kappa shape index (κ1) is 75.1. The summed E-state index contributed by atoms with van der Waals surface area (Å²) in [5.41, 5.74) is 0. The lowest BCUT2D eigenvalue weighted by molar-refractivity contribution is -0.303. The molecule has 0 spiro atoms. The molecule has 1 aliphatic rings. The Morgan fingerprint density at radius 3 is 1.20 bits per heavy atom. The van der Waals surface area contributed by atoms with Gasteiger partial charge in [-0.25, -0.2) is 0 Å². The van der Waals surface area contributed by atoms with Gasteiger partial charge in [0.05, 0.1) is 25.4 Å². The summed E-state index contributed by atoms with van der Waals surface area (Å²) in [7, 11) is 0. The van der Waals surface area contributed by atoms with E-state index in [2.05, 4.69) is 67.8 Å². The molecule has 9 unspecified atom stereocenters. The zero-order valence-electron chi connectivity index (χ0n) is 51.1. The van der Waals surface area contributed by atoms with Crippen molar-refractivity contribution in [3.8, 4) is 0 Å². The first-order valence-corrected chi connectivity index (χ1v) is 33.5. The highest BCUT2D eigenvalue weighted by Gasteiger charge is 2.44. The normalized spacial score (nSPS) is 19.6. The van der Waals surface area contributed by atoms with Crippen molar-refractivity contribution in [2.75, 3.05) is 13.2 Å². The third-order valence-electron chi connectivity index (χ3n) is 16.1. The Balaban J connectivity index is 2.27. The van der Waals surface area contributed by atoms with Crippen LogP contribution >= 0.6 is 0 Å². The Hall–Kier alpha value is -1.93. The van der Waals surface area contributed by atoms with Gasteiger partial charge >= 0.3 is 0 Å². The number of aliphatic hydroxyl groups is 7. The molecule has 1 heterocycles. The van der Waals surface area contributed by atoms with Crippen LogP contribution in [0.3, 0.4) is 0 Å². The second kappa shape index (κ2) is 56.5. The molecule has 0 aromatic heterocycles. The molecule has 1 fully saturated rings. The summed E-state index contributed by atoms with van der Waals surface area (Å²) in [5.74, 6) is -0.716. The van der Waals surface area contributed by atoms with E-state index in [4.69, 9.17) is 9.47 Å². The Morgan fingerprint density at radius 2 is 0.797 bits per heavy atom. The summed E-state index contributed by atoms with van der Waals surface area (Å²) in [4.78, 5) is 13.2. The number of hydrogen-bond acceptors (Lipinski definition) is 10. The minimum Gasteiger partial charge on any atom is -0.394 e. The maximum Gasteiger partial charge on any atom is 0.249 e. The van der Waals surface area contributed by atoms with Crippen LogP contribution in [0.25, 0.3) is 0 Å². The van der Waals surface area contributed by atoms with Gasteiger partial charge in [0.15, 0.2) is 6.29 Å². The first-order chi connectivity index (χ1) is 38.7. The number of carbonyl (C=O) groups is 1. The molecular weight excluding hydrogens is 991 g/mol. The van der Waals surface area contributed by atoms with Crippen molar-refractivity contribution >= 4 is 5.91 Å². The van der Waals surface area contributed by atoms with E-state index in [1.54, 1.807) is 0 Å². The predicted octanol–water partition coefficient (Wildman–Crippen LogP) is 15.6. The average Bonchev–Trinajstić information content (AvgIpc) is 3.46. The number of carbonyl (C=O) groups excluding carboxylic acids is 1. The average molecular weight is 1120 g/mol. The maximum atomic E-state index is 13.2. The van der Waals surface area contributed by atoms with Gasteiger partial charge in [-0.15, -0.1) is 0 Å². The van der Waals surface area contributed by atoms with Gasteiger partial charge in [0.1, 0.15) is 36.6 Å². The van der Waals surface area contributed by atoms with Gasteiger partial charge in [-0.2, -0.15) is 0 Å². The minimum absolute atomic E-state index is 0.238. The predicted molar refractivity (Wildman–Crippen MR) is 330 cm³/mol. The van der Waals surface area contributed by atoms with Gasteiger partial charge in [-0.05, 0) is 83.5 Å². The number of rotatable bonds is 58. The summed E-state index contributed by atoms with van der Waals surface area (Å²) < 4.78 is 11.2. The largest absolute Gasteiger partial charge is 0.394 e. The van der Waals surface area contributed by atoms with Crippen molar-refractivity contribution in [2.45, 2.75) is 364 Å². The van der Waals surface area contributed by atoms with E-state index in [0.717, 1.165) is 64.2 Å². The summed E-state index contributed by atoms with van der Waals surface area (Å²) in [6.07, 6.45) is 61.9. The van der Waals surface area contributed by atoms with Gasteiger partial charge in [0.25, 0.3) is 0 Å². The molecule has 11 nitrogen and oxygen atoms in total. The van der Waals surface area contributed by atoms with Gasteiger partial charge in [-0.3, -0.25) is 4.79 Å². The molecule has 0 saturated carbocycles. The molecule has 0 bridgehead atoms. The number of ether oxygens (including phenoxy) is 2. The third kappa shape index (κ3) is 44.3. The van der Waals surface area contributed by atoms with Crippen molar-refractivity contribution in [1.29, 1.82) is 0 Å². The highest BCUT2D eigenvalue weighted by atomic mass is 16.7. The molecular formula is C68H127NO10. The Kier molecular flexibility index (Phi) is 53.7. The SMILES string of the molecule is CCCCCCCCCCC/C=C\C/C=C\CCCCCCCCC(O)C(=O)NC(COC1OC(CO)C(O)C(O)C1O)C(O)C(O)CCC/C=C/CC/C=C/CCCCCCCCCCCCCCCCCCCCCCC.